The number of carbonyl (C=O) groups is 2. The van der Waals surface area contributed by atoms with E-state index in [2.05, 4.69) is 10.6 Å². The Bertz CT molecular complexity index is 782. The first-order chi connectivity index (χ1) is 12.4. The summed E-state index contributed by atoms with van der Waals surface area (Å²) in [5.41, 5.74) is 3.52. The summed E-state index contributed by atoms with van der Waals surface area (Å²) < 4.78 is 10.4. The smallest absolute Gasteiger partial charge is 0.243 e. The molecule has 0 atom stereocenters. The highest BCUT2D eigenvalue weighted by Crippen LogP contribution is 2.27. The van der Waals surface area contributed by atoms with Crippen LogP contribution in [0.3, 0.4) is 0 Å². The topological polar surface area (TPSA) is 76.7 Å². The molecule has 0 aliphatic carbocycles. The summed E-state index contributed by atoms with van der Waals surface area (Å²) in [4.78, 5) is 24.2. The summed E-state index contributed by atoms with van der Waals surface area (Å²) in [5, 5.41) is 5.47. The number of hydrogen-bond donors (Lipinski definition) is 2. The molecule has 0 saturated carbocycles. The Hall–Kier alpha value is -3.02. The lowest BCUT2D eigenvalue weighted by Gasteiger charge is -2.12. The number of para-hydroxylation sites is 1. The molecule has 2 N–H and O–H groups in total. The molecule has 0 saturated heterocycles. The molecule has 2 rings (SSSR count). The zero-order valence-electron chi connectivity index (χ0n) is 15.5. The number of ether oxygens (including phenoxy) is 2. The molecule has 0 unspecified atom stereocenters. The average molecular weight is 356 g/mol. The number of hydrogen-bond acceptors (Lipinski definition) is 4. The van der Waals surface area contributed by atoms with Gasteiger partial charge in [0.2, 0.25) is 11.8 Å². The second-order valence-electron chi connectivity index (χ2n) is 5.96. The van der Waals surface area contributed by atoms with Crippen LogP contribution in [0.4, 0.5) is 5.69 Å². The van der Waals surface area contributed by atoms with Crippen molar-refractivity contribution in [1.82, 2.24) is 5.32 Å². The van der Waals surface area contributed by atoms with Crippen LogP contribution in [0.25, 0.3) is 0 Å². The van der Waals surface area contributed by atoms with Crippen LogP contribution in [0, 0.1) is 13.8 Å². The molecular formula is C20H24N2O4. The van der Waals surface area contributed by atoms with Crippen LogP contribution in [-0.4, -0.2) is 32.6 Å². The van der Waals surface area contributed by atoms with Gasteiger partial charge in [-0.2, -0.15) is 0 Å². The van der Waals surface area contributed by atoms with Crippen molar-refractivity contribution in [3.05, 3.63) is 53.1 Å². The van der Waals surface area contributed by atoms with E-state index in [4.69, 9.17) is 9.47 Å². The second kappa shape index (κ2) is 8.89. The molecule has 0 bridgehead atoms. The molecule has 6 nitrogen and oxygen atoms in total. The van der Waals surface area contributed by atoms with Gasteiger partial charge < -0.3 is 20.1 Å². The van der Waals surface area contributed by atoms with Crippen molar-refractivity contribution < 1.29 is 19.1 Å². The highest BCUT2D eigenvalue weighted by molar-refractivity contribution is 5.95. The minimum atomic E-state index is -0.261. The lowest BCUT2D eigenvalue weighted by atomic mass is 10.1. The van der Waals surface area contributed by atoms with Gasteiger partial charge in [0.15, 0.2) is 11.5 Å². The number of aryl methyl sites for hydroxylation is 2. The maximum Gasteiger partial charge on any atom is 0.243 e. The molecule has 0 spiro atoms. The fourth-order valence-corrected chi connectivity index (χ4v) is 2.61. The van der Waals surface area contributed by atoms with Gasteiger partial charge in [-0.05, 0) is 42.7 Å². The number of nitrogens with one attached hydrogen (secondary N) is 2. The van der Waals surface area contributed by atoms with Crippen LogP contribution in [0.5, 0.6) is 11.5 Å². The van der Waals surface area contributed by atoms with E-state index < -0.39 is 0 Å². The first-order valence-corrected chi connectivity index (χ1v) is 8.28. The van der Waals surface area contributed by atoms with Crippen LogP contribution < -0.4 is 20.1 Å². The minimum Gasteiger partial charge on any atom is -0.493 e. The predicted molar refractivity (Wildman–Crippen MR) is 101 cm³/mol. The molecule has 6 heteroatoms. The first kappa shape index (κ1) is 19.3. The van der Waals surface area contributed by atoms with Crippen molar-refractivity contribution in [3.63, 3.8) is 0 Å². The van der Waals surface area contributed by atoms with Crippen molar-refractivity contribution >= 4 is 17.5 Å². The van der Waals surface area contributed by atoms with Crippen LogP contribution in [0.1, 0.15) is 16.7 Å². The number of rotatable bonds is 7. The quantitative estimate of drug-likeness (QED) is 0.800. The van der Waals surface area contributed by atoms with Crippen molar-refractivity contribution in [2.45, 2.75) is 20.3 Å². The molecular weight excluding hydrogens is 332 g/mol. The Morgan fingerprint density at radius 1 is 0.923 bits per heavy atom. The van der Waals surface area contributed by atoms with E-state index in [0.29, 0.717) is 11.5 Å². The van der Waals surface area contributed by atoms with E-state index in [0.717, 1.165) is 22.4 Å². The van der Waals surface area contributed by atoms with E-state index in [1.807, 2.05) is 32.0 Å². The van der Waals surface area contributed by atoms with Crippen molar-refractivity contribution in [1.29, 1.82) is 0 Å². The lowest BCUT2D eigenvalue weighted by Crippen LogP contribution is -2.34. The molecule has 0 heterocycles. The van der Waals surface area contributed by atoms with Gasteiger partial charge in [0.05, 0.1) is 27.2 Å². The lowest BCUT2D eigenvalue weighted by molar-refractivity contribution is -0.123. The molecule has 2 aromatic carbocycles. The van der Waals surface area contributed by atoms with Gasteiger partial charge in [-0.3, -0.25) is 9.59 Å². The Labute approximate surface area is 153 Å². The summed E-state index contributed by atoms with van der Waals surface area (Å²) in [5.74, 6) is 0.659. The Kier molecular flexibility index (Phi) is 6.60. The number of anilines is 1. The molecule has 0 aliphatic heterocycles. The summed E-state index contributed by atoms with van der Waals surface area (Å²) in [6, 6.07) is 11.1. The van der Waals surface area contributed by atoms with Crippen molar-refractivity contribution in [2.75, 3.05) is 26.1 Å². The van der Waals surface area contributed by atoms with Crippen LogP contribution in [0.15, 0.2) is 36.4 Å². The van der Waals surface area contributed by atoms with E-state index in [1.165, 1.54) is 0 Å². The number of carbonyl (C=O) groups excluding carboxylic acids is 2. The third-order valence-corrected chi connectivity index (χ3v) is 4.00. The summed E-state index contributed by atoms with van der Waals surface area (Å²) in [6.07, 6.45) is 0.150. The van der Waals surface area contributed by atoms with E-state index in [1.54, 1.807) is 32.4 Å². The normalized spacial score (nSPS) is 10.2. The van der Waals surface area contributed by atoms with Crippen LogP contribution in [0.2, 0.25) is 0 Å². The molecule has 26 heavy (non-hydrogen) atoms. The fourth-order valence-electron chi connectivity index (χ4n) is 2.61. The highest BCUT2D eigenvalue weighted by Gasteiger charge is 2.11. The molecule has 0 aromatic heterocycles. The third-order valence-electron chi connectivity index (χ3n) is 4.00. The van der Waals surface area contributed by atoms with Crippen molar-refractivity contribution in [3.8, 4) is 11.5 Å². The largest absolute Gasteiger partial charge is 0.493 e. The molecule has 2 amide bonds. The van der Waals surface area contributed by atoms with Gasteiger partial charge in [0.25, 0.3) is 0 Å². The molecule has 0 aliphatic rings. The van der Waals surface area contributed by atoms with Crippen LogP contribution >= 0.6 is 0 Å². The zero-order valence-corrected chi connectivity index (χ0v) is 15.5. The van der Waals surface area contributed by atoms with Gasteiger partial charge in [-0.1, -0.05) is 24.3 Å². The van der Waals surface area contributed by atoms with Gasteiger partial charge in [0, 0.05) is 5.69 Å². The average Bonchev–Trinajstić information content (AvgIpc) is 2.63. The fraction of sp³-hybridized carbons (Fsp3) is 0.300. The van der Waals surface area contributed by atoms with Crippen molar-refractivity contribution in [2.24, 2.45) is 0 Å². The zero-order chi connectivity index (χ0) is 19.1. The number of amides is 2. The van der Waals surface area contributed by atoms with E-state index >= 15 is 0 Å². The van der Waals surface area contributed by atoms with Gasteiger partial charge in [-0.25, -0.2) is 0 Å². The number of methoxy groups -OCH3 is 2. The molecule has 0 fully saturated rings. The van der Waals surface area contributed by atoms with Gasteiger partial charge in [-0.15, -0.1) is 0 Å². The maximum atomic E-state index is 12.1. The van der Waals surface area contributed by atoms with Gasteiger partial charge >= 0.3 is 0 Å². The third kappa shape index (κ3) is 4.99. The molecule has 138 valence electrons. The Balaban J connectivity index is 1.89. The van der Waals surface area contributed by atoms with E-state index in [9.17, 15) is 9.59 Å². The first-order valence-electron chi connectivity index (χ1n) is 8.28. The maximum absolute atomic E-state index is 12.1. The van der Waals surface area contributed by atoms with Crippen LogP contribution in [-0.2, 0) is 16.0 Å². The second-order valence-corrected chi connectivity index (χ2v) is 5.96. The predicted octanol–water partition coefficient (Wildman–Crippen LogP) is 2.62. The molecule has 2 aromatic rings. The summed E-state index contributed by atoms with van der Waals surface area (Å²) >= 11 is 0. The minimum absolute atomic E-state index is 0.0834. The monoisotopic (exact) mass is 356 g/mol. The SMILES string of the molecule is COc1ccc(CC(=O)NCC(=O)Nc2c(C)cccc2C)cc1OC. The highest BCUT2D eigenvalue weighted by atomic mass is 16.5. The van der Waals surface area contributed by atoms with Gasteiger partial charge in [0.1, 0.15) is 0 Å². The summed E-state index contributed by atoms with van der Waals surface area (Å²) in [7, 11) is 3.10. The summed E-state index contributed by atoms with van der Waals surface area (Å²) in [6.45, 7) is 3.77. The molecule has 0 radical (unpaired) electrons. The Morgan fingerprint density at radius 2 is 1.58 bits per heavy atom. The Morgan fingerprint density at radius 3 is 2.19 bits per heavy atom. The number of benzene rings is 2. The van der Waals surface area contributed by atoms with E-state index in [-0.39, 0.29) is 24.8 Å². The standard InChI is InChI=1S/C20H24N2O4/c1-13-6-5-7-14(2)20(13)22-19(24)12-21-18(23)11-15-8-9-16(25-3)17(10-15)26-4/h5-10H,11-12H2,1-4H3,(H,21,23)(H,22,24).